The van der Waals surface area contributed by atoms with Gasteiger partial charge in [-0.3, -0.25) is 0 Å². The lowest BCUT2D eigenvalue weighted by Crippen LogP contribution is -2.27. The van der Waals surface area contributed by atoms with E-state index < -0.39 is 11.7 Å². The zero-order valence-corrected chi connectivity index (χ0v) is 17.0. The number of hydrogen-bond acceptors (Lipinski definition) is 6. The maximum Gasteiger partial charge on any atom is 0.435 e. The normalized spacial score (nSPS) is 11.4. The van der Waals surface area contributed by atoms with Crippen molar-refractivity contribution in [2.45, 2.75) is 26.4 Å². The molecule has 0 spiro atoms. The van der Waals surface area contributed by atoms with E-state index in [0.717, 1.165) is 22.2 Å². The summed E-state index contributed by atoms with van der Waals surface area (Å²) in [6, 6.07) is 13.7. The summed E-state index contributed by atoms with van der Waals surface area (Å²) in [4.78, 5) is 16.6. The first-order valence-electron chi connectivity index (χ1n) is 9.49. The van der Waals surface area contributed by atoms with Crippen LogP contribution in [0.25, 0.3) is 28.3 Å². The van der Waals surface area contributed by atoms with E-state index in [1.807, 2.05) is 57.2 Å². The van der Waals surface area contributed by atoms with Gasteiger partial charge in [0.25, 0.3) is 6.01 Å². The van der Waals surface area contributed by atoms with E-state index in [1.165, 1.54) is 4.68 Å². The predicted molar refractivity (Wildman–Crippen MR) is 117 cm³/mol. The largest absolute Gasteiger partial charge is 0.442 e. The molecule has 0 amide bonds. The highest BCUT2D eigenvalue weighted by Gasteiger charge is 2.20. The number of aromatic nitrogens is 3. The van der Waals surface area contributed by atoms with Gasteiger partial charge in [0.1, 0.15) is 5.60 Å². The fourth-order valence-corrected chi connectivity index (χ4v) is 2.93. The zero-order chi connectivity index (χ0) is 21.3. The number of ether oxygens (including phenoxy) is 1. The Labute approximate surface area is 174 Å². The van der Waals surface area contributed by atoms with Crippen LogP contribution in [0.1, 0.15) is 26.3 Å². The van der Waals surface area contributed by atoms with E-state index in [9.17, 15) is 4.79 Å². The second-order valence-electron chi connectivity index (χ2n) is 7.79. The topological polar surface area (TPSA) is 82.2 Å². The highest BCUT2D eigenvalue weighted by molar-refractivity contribution is 5.90. The molecule has 7 nitrogen and oxygen atoms in total. The predicted octanol–water partition coefficient (Wildman–Crippen LogP) is 5.86. The van der Waals surface area contributed by atoms with E-state index in [1.54, 1.807) is 24.5 Å². The third-order valence-corrected chi connectivity index (χ3v) is 4.32. The highest BCUT2D eigenvalue weighted by atomic mass is 16.6. The number of rotatable bonds is 4. The third-order valence-electron chi connectivity index (χ3n) is 4.32. The van der Waals surface area contributed by atoms with Crippen LogP contribution in [0.5, 0.6) is 0 Å². The quantitative estimate of drug-likeness (QED) is 0.460. The first-order chi connectivity index (χ1) is 14.3. The van der Waals surface area contributed by atoms with Crippen LogP contribution in [0.15, 0.2) is 65.9 Å². The summed E-state index contributed by atoms with van der Waals surface area (Å²) in [6.45, 7) is 9.20. The molecule has 0 fully saturated rings. The van der Waals surface area contributed by atoms with E-state index in [2.05, 4.69) is 22.0 Å². The van der Waals surface area contributed by atoms with Gasteiger partial charge in [-0.1, -0.05) is 36.9 Å². The van der Waals surface area contributed by atoms with Crippen molar-refractivity contribution in [1.29, 1.82) is 0 Å². The van der Waals surface area contributed by atoms with Crippen molar-refractivity contribution in [2.75, 3.05) is 5.32 Å². The molecule has 4 aromatic rings. The lowest BCUT2D eigenvalue weighted by atomic mass is 10.1. The number of nitrogens with one attached hydrogen (secondary N) is 1. The van der Waals surface area contributed by atoms with Gasteiger partial charge < -0.3 is 14.5 Å². The number of oxazole rings is 1. The lowest BCUT2D eigenvalue weighted by Gasteiger charge is -2.19. The monoisotopic (exact) mass is 402 g/mol. The van der Waals surface area contributed by atoms with Gasteiger partial charge in [-0.2, -0.15) is 9.78 Å². The van der Waals surface area contributed by atoms with E-state index in [-0.39, 0.29) is 0 Å². The van der Waals surface area contributed by atoms with Crippen LogP contribution in [-0.2, 0) is 4.74 Å². The van der Waals surface area contributed by atoms with Crippen LogP contribution in [0, 0.1) is 0 Å². The van der Waals surface area contributed by atoms with Gasteiger partial charge in [-0.25, -0.2) is 9.78 Å². The zero-order valence-electron chi connectivity index (χ0n) is 17.0. The van der Waals surface area contributed by atoms with E-state index in [4.69, 9.17) is 9.15 Å². The van der Waals surface area contributed by atoms with Crippen LogP contribution < -0.4 is 5.32 Å². The van der Waals surface area contributed by atoms with Crippen LogP contribution in [0.3, 0.4) is 0 Å². The molecule has 0 unspecified atom stereocenters. The average molecular weight is 402 g/mol. The first kappa shape index (κ1) is 19.4. The Morgan fingerprint density at radius 1 is 1.17 bits per heavy atom. The van der Waals surface area contributed by atoms with Gasteiger partial charge in [0, 0.05) is 16.6 Å². The van der Waals surface area contributed by atoms with Crippen molar-refractivity contribution < 1.29 is 13.9 Å². The van der Waals surface area contributed by atoms with Crippen LogP contribution in [0.4, 0.5) is 16.5 Å². The van der Waals surface area contributed by atoms with Crippen LogP contribution >= 0.6 is 0 Å². The van der Waals surface area contributed by atoms with Gasteiger partial charge in [-0.05, 0) is 44.5 Å². The molecule has 1 N–H and O–H groups in total. The molecule has 30 heavy (non-hydrogen) atoms. The maximum absolute atomic E-state index is 12.3. The van der Waals surface area contributed by atoms with Crippen molar-refractivity contribution in [3.8, 4) is 11.3 Å². The Morgan fingerprint density at radius 2 is 1.93 bits per heavy atom. The molecule has 0 aliphatic rings. The number of carbonyl (C=O) groups is 1. The summed E-state index contributed by atoms with van der Waals surface area (Å²) in [7, 11) is 0. The molecule has 2 aromatic heterocycles. The fourth-order valence-electron chi connectivity index (χ4n) is 2.93. The summed E-state index contributed by atoms with van der Waals surface area (Å²) in [5, 5.41) is 8.08. The molecular formula is C23H22N4O3. The number of hydrogen-bond donors (Lipinski definition) is 1. The molecule has 0 saturated carbocycles. The molecule has 2 heterocycles. The van der Waals surface area contributed by atoms with Gasteiger partial charge in [0.15, 0.2) is 5.76 Å². The molecule has 0 aliphatic heterocycles. The Morgan fingerprint density at radius 3 is 2.63 bits per heavy atom. The molecular weight excluding hydrogens is 380 g/mol. The number of carbonyl (C=O) groups excluding carboxylic acids is 1. The molecule has 0 radical (unpaired) electrons. The van der Waals surface area contributed by atoms with Crippen molar-refractivity contribution in [2.24, 2.45) is 0 Å². The molecule has 152 valence electrons. The van der Waals surface area contributed by atoms with Crippen molar-refractivity contribution >= 4 is 34.8 Å². The summed E-state index contributed by atoms with van der Waals surface area (Å²) in [5.74, 6) is 0.659. The molecule has 7 heteroatoms. The second-order valence-corrected chi connectivity index (χ2v) is 7.79. The minimum atomic E-state index is -0.592. The summed E-state index contributed by atoms with van der Waals surface area (Å²) in [6.07, 6.45) is 4.56. The summed E-state index contributed by atoms with van der Waals surface area (Å²) >= 11 is 0. The van der Waals surface area contributed by atoms with Crippen molar-refractivity contribution in [3.63, 3.8) is 0 Å². The van der Waals surface area contributed by atoms with Gasteiger partial charge >= 0.3 is 6.09 Å². The van der Waals surface area contributed by atoms with Crippen LogP contribution in [-0.4, -0.2) is 26.5 Å². The summed E-state index contributed by atoms with van der Waals surface area (Å²) < 4.78 is 12.5. The molecule has 2 aromatic carbocycles. The van der Waals surface area contributed by atoms with E-state index in [0.29, 0.717) is 17.3 Å². The molecule has 0 atom stereocenters. The minimum Gasteiger partial charge on any atom is -0.442 e. The van der Waals surface area contributed by atoms with Crippen molar-refractivity contribution in [3.05, 3.63) is 67.0 Å². The molecule has 0 saturated heterocycles. The standard InChI is InChI=1S/C23H22N4O3/c1-5-15-6-8-16(9-7-15)20-14-24-21(29-20)26-18-10-11-19-17(12-18)13-25-27(19)22(28)30-23(2,3)4/h5-14H,1H2,2-4H3,(H,24,26). The number of nitrogens with zero attached hydrogens (tertiary/aromatic N) is 3. The Balaban J connectivity index is 1.53. The fraction of sp³-hybridized carbons (Fsp3) is 0.174. The minimum absolute atomic E-state index is 0.372. The van der Waals surface area contributed by atoms with Crippen LogP contribution in [0.2, 0.25) is 0 Å². The highest BCUT2D eigenvalue weighted by Crippen LogP contribution is 2.27. The first-order valence-corrected chi connectivity index (χ1v) is 9.49. The van der Waals surface area contributed by atoms with Gasteiger partial charge in [-0.15, -0.1) is 0 Å². The number of anilines is 2. The van der Waals surface area contributed by atoms with Gasteiger partial charge in [0.2, 0.25) is 0 Å². The smallest absolute Gasteiger partial charge is 0.435 e. The Hall–Kier alpha value is -3.87. The molecule has 4 rings (SSSR count). The maximum atomic E-state index is 12.3. The Kier molecular flexibility index (Phi) is 4.87. The SMILES string of the molecule is C=Cc1ccc(-c2cnc(Nc3ccc4c(cnn4C(=O)OC(C)(C)C)c3)o2)cc1. The third kappa shape index (κ3) is 4.10. The Bertz CT molecular complexity index is 1210. The average Bonchev–Trinajstić information content (AvgIpc) is 3.33. The lowest BCUT2D eigenvalue weighted by molar-refractivity contribution is 0.0522. The molecule has 0 aliphatic carbocycles. The van der Waals surface area contributed by atoms with E-state index >= 15 is 0 Å². The second kappa shape index (κ2) is 7.51. The van der Waals surface area contributed by atoms with Crippen molar-refractivity contribution in [1.82, 2.24) is 14.8 Å². The molecule has 0 bridgehead atoms. The van der Waals surface area contributed by atoms with Gasteiger partial charge in [0.05, 0.1) is 17.9 Å². The summed E-state index contributed by atoms with van der Waals surface area (Å²) in [5.41, 5.74) is 2.80. The number of fused-ring (bicyclic) bond motifs is 1. The number of benzene rings is 2.